The van der Waals surface area contributed by atoms with Gasteiger partial charge >= 0.3 is 0 Å². The zero-order valence-electron chi connectivity index (χ0n) is 12.7. The van der Waals surface area contributed by atoms with Gasteiger partial charge in [-0.05, 0) is 64.1 Å². The smallest absolute Gasteiger partial charge is 0.0987 e. The summed E-state index contributed by atoms with van der Waals surface area (Å²) in [6, 6.07) is 0. The molecule has 3 fully saturated rings. The maximum absolute atomic E-state index is 11.0. The maximum atomic E-state index is 11.0. The molecule has 1 heterocycles. The lowest BCUT2D eigenvalue weighted by Crippen LogP contribution is -2.62. The Bertz CT molecular complexity index is 373. The fraction of sp³-hybridized carbons (Fsp3) is 1.00. The number of aliphatic hydroxyl groups is 4. The highest BCUT2D eigenvalue weighted by atomic mass is 16.4. The Morgan fingerprint density at radius 2 is 1.67 bits per heavy atom. The van der Waals surface area contributed by atoms with Gasteiger partial charge in [-0.25, -0.2) is 0 Å². The molecule has 4 N–H and O–H groups in total. The van der Waals surface area contributed by atoms with Crippen LogP contribution in [-0.4, -0.2) is 68.4 Å². The molecule has 0 aromatic rings. The molecule has 0 radical (unpaired) electrons. The van der Waals surface area contributed by atoms with Gasteiger partial charge in [-0.3, -0.25) is 0 Å². The van der Waals surface area contributed by atoms with Crippen LogP contribution >= 0.6 is 0 Å². The van der Waals surface area contributed by atoms with Crippen LogP contribution in [0.15, 0.2) is 0 Å². The van der Waals surface area contributed by atoms with E-state index in [2.05, 4.69) is 4.90 Å². The van der Waals surface area contributed by atoms with Crippen molar-refractivity contribution >= 4 is 0 Å². The Labute approximate surface area is 126 Å². The van der Waals surface area contributed by atoms with E-state index >= 15 is 0 Å². The van der Waals surface area contributed by atoms with E-state index < -0.39 is 23.4 Å². The van der Waals surface area contributed by atoms with Gasteiger partial charge in [-0.2, -0.15) is 0 Å². The van der Waals surface area contributed by atoms with E-state index in [1.807, 2.05) is 0 Å². The first-order valence-corrected chi connectivity index (χ1v) is 8.48. The molecule has 0 amide bonds. The summed E-state index contributed by atoms with van der Waals surface area (Å²) in [7, 11) is 0. The third-order valence-corrected chi connectivity index (χ3v) is 6.12. The molecule has 3 aliphatic rings. The summed E-state index contributed by atoms with van der Waals surface area (Å²) in [5, 5.41) is 41.4. The van der Waals surface area contributed by atoms with Crippen molar-refractivity contribution in [2.24, 2.45) is 5.92 Å². The first kappa shape index (κ1) is 15.7. The molecule has 0 aromatic carbocycles. The molecule has 21 heavy (non-hydrogen) atoms. The highest BCUT2D eigenvalue weighted by Gasteiger charge is 2.62. The Morgan fingerprint density at radius 3 is 2.38 bits per heavy atom. The molecule has 122 valence electrons. The van der Waals surface area contributed by atoms with Crippen molar-refractivity contribution in [3.8, 4) is 0 Å². The van der Waals surface area contributed by atoms with Crippen LogP contribution < -0.4 is 0 Å². The minimum atomic E-state index is -1.23. The molecule has 2 saturated carbocycles. The first-order chi connectivity index (χ1) is 9.95. The summed E-state index contributed by atoms with van der Waals surface area (Å²) < 4.78 is 0. The number of aliphatic hydroxyl groups excluding tert-OH is 2. The van der Waals surface area contributed by atoms with E-state index in [-0.39, 0.29) is 18.8 Å². The van der Waals surface area contributed by atoms with Crippen LogP contribution in [0.1, 0.15) is 51.4 Å². The summed E-state index contributed by atoms with van der Waals surface area (Å²) in [5.74, 6) is 0.0345. The van der Waals surface area contributed by atoms with E-state index in [0.717, 1.165) is 25.8 Å². The molecule has 3 rings (SSSR count). The second-order valence-electron chi connectivity index (χ2n) is 7.43. The molecule has 1 aliphatic heterocycles. The van der Waals surface area contributed by atoms with Crippen LogP contribution in [-0.2, 0) is 0 Å². The lowest BCUT2D eigenvalue weighted by Gasteiger charge is -2.48. The van der Waals surface area contributed by atoms with E-state index in [1.165, 1.54) is 25.9 Å². The Balaban J connectivity index is 1.58. The third kappa shape index (κ3) is 2.75. The number of nitrogens with zero attached hydrogens (tertiary/aromatic N) is 1. The molecular weight excluding hydrogens is 270 g/mol. The van der Waals surface area contributed by atoms with E-state index in [0.29, 0.717) is 6.42 Å². The SMILES string of the molecule is OC1CC2(O)CCC(CCCN3CCCC3)C2(O)CC1O. The molecule has 2 aliphatic carbocycles. The van der Waals surface area contributed by atoms with E-state index in [9.17, 15) is 20.4 Å². The predicted molar refractivity (Wildman–Crippen MR) is 78.8 cm³/mol. The summed E-state index contributed by atoms with van der Waals surface area (Å²) in [4.78, 5) is 2.46. The van der Waals surface area contributed by atoms with E-state index in [1.54, 1.807) is 0 Å². The van der Waals surface area contributed by atoms with Gasteiger partial charge in [0, 0.05) is 12.8 Å². The topological polar surface area (TPSA) is 84.2 Å². The highest BCUT2D eigenvalue weighted by Crippen LogP contribution is 2.53. The number of fused-ring (bicyclic) bond motifs is 1. The number of likely N-dealkylation sites (tertiary alicyclic amines) is 1. The number of hydrogen-bond donors (Lipinski definition) is 4. The summed E-state index contributed by atoms with van der Waals surface area (Å²) in [6.45, 7) is 3.43. The van der Waals surface area contributed by atoms with Gasteiger partial charge in [0.1, 0.15) is 0 Å². The van der Waals surface area contributed by atoms with Gasteiger partial charge in [0.05, 0.1) is 23.4 Å². The second kappa shape index (κ2) is 5.78. The lowest BCUT2D eigenvalue weighted by molar-refractivity contribution is -0.220. The zero-order chi connectivity index (χ0) is 15.1. The molecule has 0 spiro atoms. The predicted octanol–water partition coefficient (Wildman–Crippen LogP) is 0.250. The van der Waals surface area contributed by atoms with Crippen molar-refractivity contribution in [3.63, 3.8) is 0 Å². The van der Waals surface area contributed by atoms with Gasteiger partial charge in [0.25, 0.3) is 0 Å². The van der Waals surface area contributed by atoms with Gasteiger partial charge in [0.2, 0.25) is 0 Å². The summed E-state index contributed by atoms with van der Waals surface area (Å²) >= 11 is 0. The first-order valence-electron chi connectivity index (χ1n) is 8.48. The van der Waals surface area contributed by atoms with Crippen LogP contribution in [0.3, 0.4) is 0 Å². The molecule has 5 nitrogen and oxygen atoms in total. The van der Waals surface area contributed by atoms with Gasteiger partial charge < -0.3 is 25.3 Å². The molecule has 5 unspecified atom stereocenters. The number of hydrogen-bond acceptors (Lipinski definition) is 5. The van der Waals surface area contributed by atoms with Crippen molar-refractivity contribution in [2.45, 2.75) is 74.8 Å². The highest BCUT2D eigenvalue weighted by molar-refractivity contribution is 5.14. The van der Waals surface area contributed by atoms with Gasteiger partial charge in [-0.1, -0.05) is 0 Å². The summed E-state index contributed by atoms with van der Waals surface area (Å²) in [5.41, 5.74) is -2.44. The Kier molecular flexibility index (Phi) is 4.32. The maximum Gasteiger partial charge on any atom is 0.0987 e. The average Bonchev–Trinajstić information content (AvgIpc) is 3.00. The lowest BCUT2D eigenvalue weighted by atomic mass is 9.67. The van der Waals surface area contributed by atoms with Crippen LogP contribution in [0.2, 0.25) is 0 Å². The molecule has 0 bridgehead atoms. The van der Waals surface area contributed by atoms with Gasteiger partial charge in [-0.15, -0.1) is 0 Å². The second-order valence-corrected chi connectivity index (χ2v) is 7.43. The van der Waals surface area contributed by atoms with Crippen LogP contribution in [0.25, 0.3) is 0 Å². The minimum absolute atomic E-state index is 0.0345. The van der Waals surface area contributed by atoms with Crippen LogP contribution in [0.5, 0.6) is 0 Å². The fourth-order valence-electron chi connectivity index (χ4n) is 4.77. The minimum Gasteiger partial charge on any atom is -0.390 e. The van der Waals surface area contributed by atoms with E-state index in [4.69, 9.17) is 0 Å². The van der Waals surface area contributed by atoms with Crippen LogP contribution in [0.4, 0.5) is 0 Å². The van der Waals surface area contributed by atoms with Crippen molar-refractivity contribution in [1.82, 2.24) is 4.90 Å². The monoisotopic (exact) mass is 299 g/mol. The molecule has 0 aromatic heterocycles. The number of rotatable bonds is 4. The van der Waals surface area contributed by atoms with Gasteiger partial charge in [0.15, 0.2) is 0 Å². The fourth-order valence-corrected chi connectivity index (χ4v) is 4.77. The molecular formula is C16H29NO4. The Morgan fingerprint density at radius 1 is 1.00 bits per heavy atom. The largest absolute Gasteiger partial charge is 0.390 e. The normalized spacial score (nSPS) is 47.7. The molecule has 5 atom stereocenters. The third-order valence-electron chi connectivity index (χ3n) is 6.12. The molecule has 1 saturated heterocycles. The van der Waals surface area contributed by atoms with Crippen molar-refractivity contribution in [1.29, 1.82) is 0 Å². The van der Waals surface area contributed by atoms with Crippen molar-refractivity contribution in [3.05, 3.63) is 0 Å². The average molecular weight is 299 g/mol. The standard InChI is InChI=1S/C16H29NO4/c18-13-10-15(20)6-5-12(16(15,21)11-14(13)19)4-3-9-17-7-1-2-8-17/h12-14,18-21H,1-11H2. The Hall–Kier alpha value is -0.200. The quantitative estimate of drug-likeness (QED) is 0.598. The molecule has 5 heteroatoms. The zero-order valence-corrected chi connectivity index (χ0v) is 12.7. The van der Waals surface area contributed by atoms with Crippen molar-refractivity contribution < 1.29 is 20.4 Å². The van der Waals surface area contributed by atoms with Crippen LogP contribution in [0, 0.1) is 5.92 Å². The van der Waals surface area contributed by atoms with Crippen molar-refractivity contribution in [2.75, 3.05) is 19.6 Å². The summed E-state index contributed by atoms with van der Waals surface area (Å²) in [6.07, 6.45) is 4.15.